The zero-order valence-corrected chi connectivity index (χ0v) is 11.3. The number of hydrogen-bond acceptors (Lipinski definition) is 3. The van der Waals surface area contributed by atoms with Gasteiger partial charge in [0.2, 0.25) is 5.89 Å². The van der Waals surface area contributed by atoms with Crippen molar-refractivity contribution in [3.8, 4) is 11.5 Å². The van der Waals surface area contributed by atoms with Crippen LogP contribution in [0.25, 0.3) is 11.5 Å². The monoisotopic (exact) mass is 259 g/mol. The number of aromatic nitrogens is 1. The Hall–Kier alpha value is -2.10. The van der Waals surface area contributed by atoms with Gasteiger partial charge in [-0.1, -0.05) is 12.1 Å². The van der Waals surface area contributed by atoms with Gasteiger partial charge in [-0.15, -0.1) is 0 Å². The van der Waals surface area contributed by atoms with Crippen LogP contribution >= 0.6 is 0 Å². The third-order valence-corrected chi connectivity index (χ3v) is 3.04. The van der Waals surface area contributed by atoms with E-state index in [4.69, 9.17) is 9.52 Å². The second kappa shape index (κ2) is 4.88. The SMILES string of the molecule is Cc1coc(-c2ccc(CC(C)(C)C(=O)O)cc2)n1. The summed E-state index contributed by atoms with van der Waals surface area (Å²) in [6.45, 7) is 5.32. The van der Waals surface area contributed by atoms with Crippen LogP contribution in [0.3, 0.4) is 0 Å². The Bertz CT molecular complexity index is 582. The maximum absolute atomic E-state index is 11.1. The van der Waals surface area contributed by atoms with E-state index in [1.807, 2.05) is 31.2 Å². The molecular formula is C15H17NO3. The minimum absolute atomic E-state index is 0.493. The summed E-state index contributed by atoms with van der Waals surface area (Å²) >= 11 is 0. The third kappa shape index (κ3) is 3.02. The number of benzene rings is 1. The Morgan fingerprint density at radius 1 is 1.32 bits per heavy atom. The van der Waals surface area contributed by atoms with E-state index in [9.17, 15) is 4.79 Å². The van der Waals surface area contributed by atoms with Crippen molar-refractivity contribution < 1.29 is 14.3 Å². The average Bonchev–Trinajstić information content (AvgIpc) is 2.76. The van der Waals surface area contributed by atoms with Gasteiger partial charge in [0.25, 0.3) is 0 Å². The van der Waals surface area contributed by atoms with Crippen molar-refractivity contribution in [2.45, 2.75) is 27.2 Å². The molecule has 1 aromatic heterocycles. The van der Waals surface area contributed by atoms with Crippen LogP contribution in [0, 0.1) is 12.3 Å². The van der Waals surface area contributed by atoms with E-state index in [1.54, 1.807) is 20.1 Å². The molecule has 0 bridgehead atoms. The van der Waals surface area contributed by atoms with Gasteiger partial charge in [-0.25, -0.2) is 4.98 Å². The van der Waals surface area contributed by atoms with Crippen LogP contribution < -0.4 is 0 Å². The van der Waals surface area contributed by atoms with E-state index < -0.39 is 11.4 Å². The first kappa shape index (κ1) is 13.3. The highest BCUT2D eigenvalue weighted by Crippen LogP contribution is 2.24. The summed E-state index contributed by atoms with van der Waals surface area (Å²) < 4.78 is 5.32. The summed E-state index contributed by atoms with van der Waals surface area (Å²) in [5.41, 5.74) is 1.96. The molecule has 0 radical (unpaired) electrons. The van der Waals surface area contributed by atoms with E-state index >= 15 is 0 Å². The molecule has 0 saturated heterocycles. The number of carboxylic acid groups (broad SMARTS) is 1. The molecule has 0 aliphatic rings. The van der Waals surface area contributed by atoms with Gasteiger partial charge in [-0.05, 0) is 44.9 Å². The van der Waals surface area contributed by atoms with Gasteiger partial charge in [0.1, 0.15) is 6.26 Å². The summed E-state index contributed by atoms with van der Waals surface area (Å²) in [4.78, 5) is 15.3. The van der Waals surface area contributed by atoms with Crippen molar-refractivity contribution in [3.63, 3.8) is 0 Å². The lowest BCUT2D eigenvalue weighted by molar-refractivity contribution is -0.146. The molecule has 4 nitrogen and oxygen atoms in total. The molecule has 0 aliphatic heterocycles. The molecular weight excluding hydrogens is 242 g/mol. The van der Waals surface area contributed by atoms with E-state index in [2.05, 4.69) is 4.98 Å². The first-order valence-corrected chi connectivity index (χ1v) is 6.13. The Morgan fingerprint density at radius 3 is 2.42 bits per heavy atom. The van der Waals surface area contributed by atoms with Gasteiger partial charge in [0.15, 0.2) is 0 Å². The van der Waals surface area contributed by atoms with E-state index in [-0.39, 0.29) is 0 Å². The van der Waals surface area contributed by atoms with E-state index in [1.165, 1.54) is 0 Å². The van der Waals surface area contributed by atoms with Crippen LogP contribution in [0.15, 0.2) is 34.9 Å². The average molecular weight is 259 g/mol. The molecule has 2 rings (SSSR count). The normalized spacial score (nSPS) is 11.5. The van der Waals surface area contributed by atoms with Crippen molar-refractivity contribution in [1.29, 1.82) is 0 Å². The fourth-order valence-electron chi connectivity index (χ4n) is 1.84. The van der Waals surface area contributed by atoms with E-state index in [0.29, 0.717) is 12.3 Å². The maximum Gasteiger partial charge on any atom is 0.309 e. The standard InChI is InChI=1S/C15H17NO3/c1-10-9-19-13(16-10)12-6-4-11(5-7-12)8-15(2,3)14(17)18/h4-7,9H,8H2,1-3H3,(H,17,18). The summed E-state index contributed by atoms with van der Waals surface area (Å²) in [5, 5.41) is 9.11. The number of carbonyl (C=O) groups is 1. The molecule has 0 saturated carbocycles. The number of aliphatic carboxylic acids is 1. The third-order valence-electron chi connectivity index (χ3n) is 3.04. The van der Waals surface area contributed by atoms with Crippen molar-refractivity contribution in [2.75, 3.05) is 0 Å². The topological polar surface area (TPSA) is 63.3 Å². The number of nitrogens with zero attached hydrogens (tertiary/aromatic N) is 1. The van der Waals surface area contributed by atoms with E-state index in [0.717, 1.165) is 16.8 Å². The van der Waals surface area contributed by atoms with Gasteiger partial charge in [0, 0.05) is 5.56 Å². The lowest BCUT2D eigenvalue weighted by Crippen LogP contribution is -2.26. The smallest absolute Gasteiger partial charge is 0.309 e. The minimum atomic E-state index is -0.792. The Kier molecular flexibility index (Phi) is 3.42. The van der Waals surface area contributed by atoms with Crippen LogP contribution in [0.1, 0.15) is 25.1 Å². The van der Waals surface area contributed by atoms with Gasteiger partial charge < -0.3 is 9.52 Å². The van der Waals surface area contributed by atoms with Gasteiger partial charge >= 0.3 is 5.97 Å². The largest absolute Gasteiger partial charge is 0.481 e. The summed E-state index contributed by atoms with van der Waals surface area (Å²) in [6.07, 6.45) is 2.10. The summed E-state index contributed by atoms with van der Waals surface area (Å²) in [5.74, 6) is -0.207. The van der Waals surface area contributed by atoms with Crippen LogP contribution in [0.5, 0.6) is 0 Å². The highest BCUT2D eigenvalue weighted by atomic mass is 16.4. The van der Waals surface area contributed by atoms with Gasteiger partial charge in [0.05, 0.1) is 11.1 Å². The highest BCUT2D eigenvalue weighted by Gasteiger charge is 2.27. The number of hydrogen-bond donors (Lipinski definition) is 1. The summed E-state index contributed by atoms with van der Waals surface area (Å²) in [6, 6.07) is 7.64. The molecule has 2 aromatic rings. The second-order valence-electron chi connectivity index (χ2n) is 5.36. The lowest BCUT2D eigenvalue weighted by atomic mass is 9.86. The molecule has 0 aliphatic carbocycles. The Labute approximate surface area is 112 Å². The van der Waals surface area contributed by atoms with Crippen LogP contribution in [-0.4, -0.2) is 16.1 Å². The van der Waals surface area contributed by atoms with Crippen LogP contribution in [0.2, 0.25) is 0 Å². The molecule has 19 heavy (non-hydrogen) atoms. The van der Waals surface area contributed by atoms with Crippen molar-refractivity contribution in [2.24, 2.45) is 5.41 Å². The molecule has 0 fully saturated rings. The molecule has 4 heteroatoms. The molecule has 0 amide bonds. The van der Waals surface area contributed by atoms with Gasteiger partial charge in [-0.2, -0.15) is 0 Å². The van der Waals surface area contributed by atoms with Crippen LogP contribution in [0.4, 0.5) is 0 Å². The molecule has 1 aromatic carbocycles. The number of rotatable bonds is 4. The first-order valence-electron chi connectivity index (χ1n) is 6.13. The predicted octanol–water partition coefficient (Wildman–Crippen LogP) is 3.30. The number of oxazole rings is 1. The Balaban J connectivity index is 2.17. The van der Waals surface area contributed by atoms with Gasteiger partial charge in [-0.3, -0.25) is 4.79 Å². The van der Waals surface area contributed by atoms with Crippen molar-refractivity contribution >= 4 is 5.97 Å². The van der Waals surface area contributed by atoms with Crippen LogP contribution in [-0.2, 0) is 11.2 Å². The molecule has 1 heterocycles. The summed E-state index contributed by atoms with van der Waals surface area (Å²) in [7, 11) is 0. The predicted molar refractivity (Wildman–Crippen MR) is 71.8 cm³/mol. The molecule has 1 N–H and O–H groups in total. The zero-order chi connectivity index (χ0) is 14.0. The fourth-order valence-corrected chi connectivity index (χ4v) is 1.84. The molecule has 0 atom stereocenters. The Morgan fingerprint density at radius 2 is 1.95 bits per heavy atom. The second-order valence-corrected chi connectivity index (χ2v) is 5.36. The fraction of sp³-hybridized carbons (Fsp3) is 0.333. The minimum Gasteiger partial charge on any atom is -0.481 e. The molecule has 0 unspecified atom stereocenters. The highest BCUT2D eigenvalue weighted by molar-refractivity contribution is 5.74. The maximum atomic E-state index is 11.1. The lowest BCUT2D eigenvalue weighted by Gasteiger charge is -2.18. The molecule has 0 spiro atoms. The quantitative estimate of drug-likeness (QED) is 0.915. The van der Waals surface area contributed by atoms with Crippen molar-refractivity contribution in [3.05, 3.63) is 41.8 Å². The zero-order valence-electron chi connectivity index (χ0n) is 11.3. The number of aryl methyl sites for hydroxylation is 1. The van der Waals surface area contributed by atoms with Crippen molar-refractivity contribution in [1.82, 2.24) is 4.98 Å². The molecule has 100 valence electrons. The first-order chi connectivity index (χ1) is 8.88. The number of carboxylic acids is 1.